The average molecular weight is 1180 g/mol. The smallest absolute Gasteiger partial charge is 0.104 e. The largest absolute Gasteiger partial charge is 0.306 e. The summed E-state index contributed by atoms with van der Waals surface area (Å²) in [5, 5.41) is 22.9. The molecule has 14 aromatic rings. The van der Waals surface area contributed by atoms with Gasteiger partial charge in [0, 0.05) is 48.7 Å². The van der Waals surface area contributed by atoms with Gasteiger partial charge in [0.05, 0.1) is 66.9 Å². The molecule has 0 unspecified atom stereocenters. The van der Waals surface area contributed by atoms with Gasteiger partial charge in [0.25, 0.3) is 0 Å². The number of benzene rings is 10. The highest BCUT2D eigenvalue weighted by Crippen LogP contribution is 2.53. The van der Waals surface area contributed by atoms with Crippen molar-refractivity contribution in [2.24, 2.45) is 0 Å². The van der Waals surface area contributed by atoms with Crippen molar-refractivity contribution in [3.8, 4) is 39.9 Å². The topological polar surface area (TPSA) is 43.5 Å². The summed E-state index contributed by atoms with van der Waals surface area (Å²) in [7, 11) is 0. The van der Waals surface area contributed by atoms with Gasteiger partial charge >= 0.3 is 0 Å². The van der Waals surface area contributed by atoms with Crippen molar-refractivity contribution >= 4 is 87.2 Å². The van der Waals surface area contributed by atoms with Crippen LogP contribution >= 0.6 is 0 Å². The van der Waals surface area contributed by atoms with E-state index in [1.807, 2.05) is 0 Å². The van der Waals surface area contributed by atoms with Gasteiger partial charge in [0.2, 0.25) is 0 Å². The highest BCUT2D eigenvalue weighted by atomic mass is 15.1. The van der Waals surface area contributed by atoms with Crippen molar-refractivity contribution in [1.82, 2.24) is 18.3 Å². The molecule has 0 aliphatic heterocycles. The molecule has 0 spiro atoms. The predicted molar refractivity (Wildman–Crippen MR) is 387 cm³/mol. The first-order valence-corrected chi connectivity index (χ1v) is 33.3. The van der Waals surface area contributed by atoms with Crippen molar-refractivity contribution in [1.29, 1.82) is 5.26 Å². The van der Waals surface area contributed by atoms with Gasteiger partial charge in [-0.15, -0.1) is 0 Å². The van der Waals surface area contributed by atoms with E-state index in [2.05, 4.69) is 311 Å². The van der Waals surface area contributed by atoms with Gasteiger partial charge in [-0.3, -0.25) is 0 Å². The molecular formula is C85H85N5. The highest BCUT2D eigenvalue weighted by molar-refractivity contribution is 6.18. The van der Waals surface area contributed by atoms with Crippen LogP contribution in [0.3, 0.4) is 0 Å². The lowest BCUT2D eigenvalue weighted by Crippen LogP contribution is -2.16. The van der Waals surface area contributed by atoms with Crippen LogP contribution in [0.2, 0.25) is 0 Å². The van der Waals surface area contributed by atoms with Crippen molar-refractivity contribution in [3.05, 3.63) is 226 Å². The number of aromatic nitrogens is 4. The summed E-state index contributed by atoms with van der Waals surface area (Å²) >= 11 is 0. The number of hydrogen-bond donors (Lipinski definition) is 0. The number of fused-ring (bicyclic) bond motifs is 12. The maximum absolute atomic E-state index is 13.4. The average Bonchev–Trinajstić information content (AvgIpc) is 1.45. The van der Waals surface area contributed by atoms with Crippen LogP contribution in [-0.4, -0.2) is 18.3 Å². The van der Waals surface area contributed by atoms with Crippen LogP contribution in [0.25, 0.3) is 121 Å². The second kappa shape index (κ2) is 22.1. The summed E-state index contributed by atoms with van der Waals surface area (Å²) in [6.45, 7) is 36.8. The lowest BCUT2D eigenvalue weighted by atomic mass is 9.93. The van der Waals surface area contributed by atoms with Crippen molar-refractivity contribution in [2.75, 3.05) is 0 Å². The molecule has 0 saturated carbocycles. The molecule has 0 bridgehead atoms. The van der Waals surface area contributed by atoms with Crippen molar-refractivity contribution in [3.63, 3.8) is 0 Å². The molecule has 14 rings (SSSR count). The Kier molecular flexibility index (Phi) is 14.4. The summed E-state index contributed by atoms with van der Waals surface area (Å²) in [6.07, 6.45) is 0. The van der Waals surface area contributed by atoms with Crippen LogP contribution in [0.4, 0.5) is 0 Å². The summed E-state index contributed by atoms with van der Waals surface area (Å²) < 4.78 is 10.2. The van der Waals surface area contributed by atoms with Crippen LogP contribution in [0.5, 0.6) is 0 Å². The van der Waals surface area contributed by atoms with E-state index in [0.29, 0.717) is 52.9 Å². The highest BCUT2D eigenvalue weighted by Gasteiger charge is 2.36. The minimum Gasteiger partial charge on any atom is -0.306 e. The zero-order valence-electron chi connectivity index (χ0n) is 55.6. The van der Waals surface area contributed by atoms with Gasteiger partial charge in [0.15, 0.2) is 0 Å². The van der Waals surface area contributed by atoms with Gasteiger partial charge in [-0.1, -0.05) is 190 Å². The molecule has 450 valence electrons. The van der Waals surface area contributed by atoms with Crippen LogP contribution in [0, 0.1) is 11.3 Å². The molecule has 5 heteroatoms. The molecule has 0 N–H and O–H groups in total. The van der Waals surface area contributed by atoms with E-state index in [1.165, 1.54) is 87.6 Å². The first-order chi connectivity index (χ1) is 43.2. The Balaban J connectivity index is 1.35. The minimum absolute atomic E-state index is 0.299. The van der Waals surface area contributed by atoms with Gasteiger partial charge in [-0.05, 0) is 194 Å². The number of hydrogen-bond acceptors (Lipinski definition) is 1. The monoisotopic (exact) mass is 1180 g/mol. The summed E-state index contributed by atoms with van der Waals surface area (Å²) in [5.74, 6) is 2.41. The summed E-state index contributed by atoms with van der Waals surface area (Å²) in [5.41, 5.74) is 25.1. The normalized spacial score (nSPS) is 12.6. The molecule has 0 atom stereocenters. The molecule has 0 aliphatic carbocycles. The molecule has 0 fully saturated rings. The first-order valence-electron chi connectivity index (χ1n) is 33.3. The van der Waals surface area contributed by atoms with E-state index in [1.54, 1.807) is 0 Å². The van der Waals surface area contributed by atoms with Crippen LogP contribution < -0.4 is 0 Å². The Morgan fingerprint density at radius 1 is 0.244 bits per heavy atom. The fraction of sp³-hybridized carbons (Fsp3) is 0.282. The fourth-order valence-electron chi connectivity index (χ4n) is 14.6. The summed E-state index contributed by atoms with van der Waals surface area (Å²) in [6, 6.07) is 71.5. The maximum Gasteiger partial charge on any atom is 0.104 e. The molecule has 10 aromatic carbocycles. The van der Waals surface area contributed by atoms with E-state index in [4.69, 9.17) is 0 Å². The Morgan fingerprint density at radius 2 is 0.433 bits per heavy atom. The fourth-order valence-corrected chi connectivity index (χ4v) is 14.6. The molecule has 90 heavy (non-hydrogen) atoms. The Morgan fingerprint density at radius 3 is 0.611 bits per heavy atom. The van der Waals surface area contributed by atoms with Gasteiger partial charge in [0.1, 0.15) is 11.6 Å². The molecule has 4 heterocycles. The van der Waals surface area contributed by atoms with Gasteiger partial charge < -0.3 is 18.3 Å². The number of rotatable bonds is 13. The quantitative estimate of drug-likeness (QED) is 0.113. The molecule has 4 aromatic heterocycles. The van der Waals surface area contributed by atoms with Crippen molar-refractivity contribution in [2.45, 2.75) is 158 Å². The van der Waals surface area contributed by atoms with E-state index < -0.39 is 0 Å². The third kappa shape index (κ3) is 9.14. The zero-order chi connectivity index (χ0) is 63.0. The van der Waals surface area contributed by atoms with Crippen LogP contribution in [0.15, 0.2) is 176 Å². The second-order valence-electron chi connectivity index (χ2n) is 28.4. The second-order valence-corrected chi connectivity index (χ2v) is 28.4. The first kappa shape index (κ1) is 58.6. The predicted octanol–water partition coefficient (Wildman–Crippen LogP) is 24.6. The summed E-state index contributed by atoms with van der Waals surface area (Å²) in [4.78, 5) is 0. The SMILES string of the molecule is CC(C)c1ccc2c(c1)c1cc(C(C)C)ccc1n2-c1c(C#N)c(-n2c3ccc(C(C)C)cc3c3cc(C(C)C)ccc32)c(-n2c3ccc(C(C)C)cc3c3cc(C(C)C)ccc32)c(-c2ccccc2)c1-n1c2ccc(C(C)C)cc2c2cc(C(C)C)ccc21. The van der Waals surface area contributed by atoms with E-state index >= 15 is 0 Å². The maximum atomic E-state index is 13.4. The Bertz CT molecular complexity index is 4700. The third-order valence-corrected chi connectivity index (χ3v) is 20.1. The molecule has 0 saturated heterocycles. The van der Waals surface area contributed by atoms with E-state index in [0.717, 1.165) is 78.0 Å². The molecule has 5 nitrogen and oxygen atoms in total. The Labute approximate surface area is 531 Å². The molecule has 0 aliphatic rings. The van der Waals surface area contributed by atoms with Crippen molar-refractivity contribution < 1.29 is 0 Å². The lowest BCUT2D eigenvalue weighted by Gasteiger charge is -2.29. The number of nitrogens with zero attached hydrogens (tertiary/aromatic N) is 5. The molecular weight excluding hydrogens is 1090 g/mol. The third-order valence-electron chi connectivity index (χ3n) is 20.1. The van der Waals surface area contributed by atoms with Crippen LogP contribution in [-0.2, 0) is 0 Å². The number of nitriles is 1. The molecule has 0 amide bonds. The molecule has 0 radical (unpaired) electrons. The minimum atomic E-state index is 0.299. The van der Waals surface area contributed by atoms with Gasteiger partial charge in [-0.2, -0.15) is 5.26 Å². The zero-order valence-corrected chi connectivity index (χ0v) is 55.6. The standard InChI is InChI=1S/C85H85N5/c1-47(2)56-22-30-73-64(38-56)65-39-57(48(3)4)23-31-74(65)87(73)82-72(46-86)83(88-75-32-24-58(49(5)6)40-66(75)67-41-59(50(7)8)25-33-76(67)88)85(90-79-36-28-62(53(13)14)44-70(79)71-45-63(54(15)16)29-37-80(71)90)81(55-20-18-17-19-21-55)84(82)89-77-34-26-60(51(9)10)42-68(77)69-43-61(52(11)12)27-35-78(69)89/h17-45,47-54H,1-16H3. The Hall–Kier alpha value is -9.11. The van der Waals surface area contributed by atoms with E-state index in [9.17, 15) is 5.26 Å². The van der Waals surface area contributed by atoms with Crippen LogP contribution in [0.1, 0.15) is 208 Å². The lowest BCUT2D eigenvalue weighted by molar-refractivity contribution is 0.868. The van der Waals surface area contributed by atoms with Gasteiger partial charge in [-0.25, -0.2) is 0 Å². The van der Waals surface area contributed by atoms with E-state index in [-0.39, 0.29) is 0 Å².